The van der Waals surface area contributed by atoms with Crippen LogP contribution in [0.2, 0.25) is 0 Å². The lowest BCUT2D eigenvalue weighted by atomic mass is 9.77. The van der Waals surface area contributed by atoms with Crippen LogP contribution in [0, 0.1) is 22.7 Å². The van der Waals surface area contributed by atoms with E-state index in [1.807, 2.05) is 6.07 Å². The summed E-state index contributed by atoms with van der Waals surface area (Å²) in [5, 5.41) is 9.11. The fraction of sp³-hybridized carbons (Fsp3) is 0.769. The van der Waals surface area contributed by atoms with Crippen LogP contribution in [0.15, 0.2) is 0 Å². The molecule has 5 heteroatoms. The largest absolute Gasteiger partial charge is 0.469 e. The number of ether oxygens (including phenoxy) is 2. The Hall–Kier alpha value is -1.57. The minimum Gasteiger partial charge on any atom is -0.469 e. The van der Waals surface area contributed by atoms with Gasteiger partial charge in [0, 0.05) is 5.41 Å². The van der Waals surface area contributed by atoms with Crippen LogP contribution in [0.4, 0.5) is 0 Å². The molecule has 18 heavy (non-hydrogen) atoms. The topological polar surface area (TPSA) is 76.4 Å². The molecule has 1 unspecified atom stereocenters. The fourth-order valence-corrected chi connectivity index (χ4v) is 1.45. The minimum atomic E-state index is -1.00. The van der Waals surface area contributed by atoms with Crippen molar-refractivity contribution in [3.8, 4) is 6.07 Å². The second kappa shape index (κ2) is 5.85. The summed E-state index contributed by atoms with van der Waals surface area (Å²) >= 11 is 0. The first-order valence-electron chi connectivity index (χ1n) is 5.73. The minimum absolute atomic E-state index is 0.0129. The molecule has 0 spiro atoms. The lowest BCUT2D eigenvalue weighted by molar-refractivity contribution is -0.162. The molecule has 0 amide bonds. The fourth-order valence-electron chi connectivity index (χ4n) is 1.45. The van der Waals surface area contributed by atoms with Gasteiger partial charge in [-0.3, -0.25) is 9.59 Å². The number of hydrogen-bond acceptors (Lipinski definition) is 5. The predicted octanol–water partition coefficient (Wildman–Crippen LogP) is 2.06. The molecule has 0 heterocycles. The third-order valence-corrected chi connectivity index (χ3v) is 2.38. The van der Waals surface area contributed by atoms with Gasteiger partial charge in [0.1, 0.15) is 11.5 Å². The molecule has 0 N–H and O–H groups in total. The van der Waals surface area contributed by atoms with Crippen LogP contribution >= 0.6 is 0 Å². The maximum absolute atomic E-state index is 11.9. The molecule has 0 fully saturated rings. The molecule has 0 aromatic rings. The molecule has 0 saturated heterocycles. The van der Waals surface area contributed by atoms with Crippen molar-refractivity contribution in [2.75, 3.05) is 7.11 Å². The Morgan fingerprint density at radius 2 is 1.72 bits per heavy atom. The maximum atomic E-state index is 11.9. The van der Waals surface area contributed by atoms with Crippen LogP contribution in [-0.4, -0.2) is 24.6 Å². The molecular weight excluding hydrogens is 234 g/mol. The van der Waals surface area contributed by atoms with Crippen LogP contribution in [0.1, 0.15) is 41.0 Å². The number of hydrogen-bond donors (Lipinski definition) is 0. The molecule has 5 nitrogen and oxygen atoms in total. The molecule has 0 rings (SSSR count). The summed E-state index contributed by atoms with van der Waals surface area (Å²) in [4.78, 5) is 23.2. The van der Waals surface area contributed by atoms with Gasteiger partial charge in [-0.2, -0.15) is 5.26 Å². The van der Waals surface area contributed by atoms with Crippen molar-refractivity contribution in [1.29, 1.82) is 5.26 Å². The quantitative estimate of drug-likeness (QED) is 0.718. The van der Waals surface area contributed by atoms with Gasteiger partial charge in [-0.1, -0.05) is 13.8 Å². The normalized spacial score (nSPS) is 13.4. The second-order valence-corrected chi connectivity index (χ2v) is 5.84. The zero-order valence-corrected chi connectivity index (χ0v) is 11.9. The Morgan fingerprint density at radius 3 is 2.06 bits per heavy atom. The van der Waals surface area contributed by atoms with Crippen molar-refractivity contribution in [3.05, 3.63) is 0 Å². The third-order valence-electron chi connectivity index (χ3n) is 2.38. The summed E-state index contributed by atoms with van der Waals surface area (Å²) in [6, 6.07) is 1.91. The van der Waals surface area contributed by atoms with Gasteiger partial charge >= 0.3 is 11.9 Å². The van der Waals surface area contributed by atoms with Gasteiger partial charge in [-0.25, -0.2) is 0 Å². The Morgan fingerprint density at radius 1 is 1.22 bits per heavy atom. The maximum Gasteiger partial charge on any atom is 0.324 e. The molecule has 0 bridgehead atoms. The van der Waals surface area contributed by atoms with E-state index in [2.05, 4.69) is 4.74 Å². The number of esters is 2. The van der Waals surface area contributed by atoms with E-state index in [1.165, 1.54) is 7.11 Å². The van der Waals surface area contributed by atoms with E-state index in [0.717, 1.165) is 0 Å². The van der Waals surface area contributed by atoms with E-state index in [0.29, 0.717) is 0 Å². The van der Waals surface area contributed by atoms with E-state index in [4.69, 9.17) is 10.00 Å². The van der Waals surface area contributed by atoms with Gasteiger partial charge < -0.3 is 9.47 Å². The summed E-state index contributed by atoms with van der Waals surface area (Å²) in [7, 11) is 1.27. The monoisotopic (exact) mass is 255 g/mol. The van der Waals surface area contributed by atoms with E-state index in [9.17, 15) is 9.59 Å². The molecule has 102 valence electrons. The summed E-state index contributed by atoms with van der Waals surface area (Å²) in [6.45, 7) is 8.52. The van der Waals surface area contributed by atoms with E-state index >= 15 is 0 Å². The standard InChI is InChI=1S/C13H21NO4/c1-12(2,3)18-11(16)9(8-14)13(4,5)7-10(15)17-6/h9H,7H2,1-6H3. The number of carbonyl (C=O) groups is 2. The average Bonchev–Trinajstić information content (AvgIpc) is 2.14. The molecule has 1 atom stereocenters. The lowest BCUT2D eigenvalue weighted by Crippen LogP contribution is -2.37. The van der Waals surface area contributed by atoms with Crippen molar-refractivity contribution in [1.82, 2.24) is 0 Å². The predicted molar refractivity (Wildman–Crippen MR) is 65.4 cm³/mol. The third kappa shape index (κ3) is 5.17. The Balaban J connectivity index is 4.92. The van der Waals surface area contributed by atoms with E-state index in [-0.39, 0.29) is 6.42 Å². The van der Waals surface area contributed by atoms with Crippen LogP contribution < -0.4 is 0 Å². The molecular formula is C13H21NO4. The highest BCUT2D eigenvalue weighted by Crippen LogP contribution is 2.32. The van der Waals surface area contributed by atoms with E-state index < -0.39 is 28.9 Å². The Kier molecular flexibility index (Phi) is 5.34. The van der Waals surface area contributed by atoms with Crippen molar-refractivity contribution in [2.24, 2.45) is 11.3 Å². The zero-order valence-electron chi connectivity index (χ0n) is 11.9. The summed E-state index contributed by atoms with van der Waals surface area (Å²) in [5.74, 6) is -2.07. The molecule has 0 aromatic heterocycles. The smallest absolute Gasteiger partial charge is 0.324 e. The SMILES string of the molecule is COC(=O)CC(C)(C)C(C#N)C(=O)OC(C)(C)C. The van der Waals surface area contributed by atoms with Crippen LogP contribution in [-0.2, 0) is 19.1 Å². The second-order valence-electron chi connectivity index (χ2n) is 5.84. The van der Waals surface area contributed by atoms with Crippen molar-refractivity contribution in [2.45, 2.75) is 46.6 Å². The molecule has 0 saturated carbocycles. The van der Waals surface area contributed by atoms with Gasteiger partial charge in [-0.05, 0) is 20.8 Å². The first-order chi connectivity index (χ1) is 8.03. The van der Waals surface area contributed by atoms with Gasteiger partial charge in [0.2, 0.25) is 0 Å². The first kappa shape index (κ1) is 16.4. The number of methoxy groups -OCH3 is 1. The van der Waals surface area contributed by atoms with Crippen LogP contribution in [0.25, 0.3) is 0 Å². The average molecular weight is 255 g/mol. The molecule has 0 aliphatic rings. The van der Waals surface area contributed by atoms with Crippen molar-refractivity contribution >= 4 is 11.9 Å². The van der Waals surface area contributed by atoms with Gasteiger partial charge in [-0.15, -0.1) is 0 Å². The van der Waals surface area contributed by atoms with Crippen molar-refractivity contribution < 1.29 is 19.1 Å². The highest BCUT2D eigenvalue weighted by Gasteiger charge is 2.40. The highest BCUT2D eigenvalue weighted by atomic mass is 16.6. The van der Waals surface area contributed by atoms with Crippen LogP contribution in [0.3, 0.4) is 0 Å². The van der Waals surface area contributed by atoms with Gasteiger partial charge in [0.25, 0.3) is 0 Å². The summed E-state index contributed by atoms with van der Waals surface area (Å²) in [5.41, 5.74) is -1.49. The summed E-state index contributed by atoms with van der Waals surface area (Å²) in [6.07, 6.45) is -0.0129. The number of nitrogens with zero attached hydrogens (tertiary/aromatic N) is 1. The molecule has 0 radical (unpaired) electrons. The van der Waals surface area contributed by atoms with E-state index in [1.54, 1.807) is 34.6 Å². The van der Waals surface area contributed by atoms with Crippen molar-refractivity contribution in [3.63, 3.8) is 0 Å². The van der Waals surface area contributed by atoms with Gasteiger partial charge in [0.05, 0.1) is 19.6 Å². The first-order valence-corrected chi connectivity index (χ1v) is 5.73. The molecule has 0 aromatic carbocycles. The van der Waals surface area contributed by atoms with Gasteiger partial charge in [0.15, 0.2) is 0 Å². The van der Waals surface area contributed by atoms with Crippen LogP contribution in [0.5, 0.6) is 0 Å². The Labute approximate surface area is 108 Å². The number of nitriles is 1. The highest BCUT2D eigenvalue weighted by molar-refractivity contribution is 5.78. The molecule has 0 aliphatic heterocycles. The number of rotatable bonds is 4. The zero-order chi connectivity index (χ0) is 14.6. The number of carbonyl (C=O) groups excluding carboxylic acids is 2. The Bertz CT molecular complexity index is 360. The molecule has 0 aliphatic carbocycles. The summed E-state index contributed by atoms with van der Waals surface area (Å²) < 4.78 is 9.74. The lowest BCUT2D eigenvalue weighted by Gasteiger charge is -2.29.